The van der Waals surface area contributed by atoms with Crippen LogP contribution in [0.15, 0.2) is 18.2 Å². The van der Waals surface area contributed by atoms with Crippen molar-refractivity contribution in [2.45, 2.75) is 33.4 Å². The molecule has 0 aromatic heterocycles. The Hall–Kier alpha value is -0.870. The van der Waals surface area contributed by atoms with Crippen molar-refractivity contribution in [1.82, 2.24) is 5.32 Å². The van der Waals surface area contributed by atoms with E-state index in [2.05, 4.69) is 24.6 Å². The summed E-state index contributed by atoms with van der Waals surface area (Å²) < 4.78 is 11.1. The minimum atomic E-state index is 0.153. The first-order chi connectivity index (χ1) is 9.56. The van der Waals surface area contributed by atoms with Crippen molar-refractivity contribution in [3.8, 4) is 11.5 Å². The van der Waals surface area contributed by atoms with Crippen LogP contribution in [0.4, 0.5) is 0 Å². The Morgan fingerprint density at radius 1 is 1.20 bits per heavy atom. The molecular weight excluding hydrogens is 270 g/mol. The van der Waals surface area contributed by atoms with Crippen LogP contribution in [0.5, 0.6) is 11.5 Å². The van der Waals surface area contributed by atoms with Crippen LogP contribution in [0.1, 0.15) is 26.3 Å². The van der Waals surface area contributed by atoms with Crippen LogP contribution >= 0.6 is 11.8 Å². The first-order valence-corrected chi connectivity index (χ1v) is 8.49. The van der Waals surface area contributed by atoms with E-state index in [0.29, 0.717) is 5.92 Å². The van der Waals surface area contributed by atoms with Crippen LogP contribution in [0.2, 0.25) is 0 Å². The van der Waals surface area contributed by atoms with Crippen molar-refractivity contribution in [3.63, 3.8) is 0 Å². The lowest BCUT2D eigenvalue weighted by Crippen LogP contribution is -2.22. The average molecular weight is 297 g/mol. The summed E-state index contributed by atoms with van der Waals surface area (Å²) in [5, 5.41) is 3.49. The summed E-state index contributed by atoms with van der Waals surface area (Å²) in [6, 6.07) is 6.12. The zero-order valence-electron chi connectivity index (χ0n) is 13.2. The molecule has 0 heterocycles. The molecule has 0 saturated heterocycles. The molecule has 1 rings (SSSR count). The molecule has 0 spiro atoms. The van der Waals surface area contributed by atoms with Crippen LogP contribution in [0.25, 0.3) is 0 Å². The van der Waals surface area contributed by atoms with Gasteiger partial charge in [0.25, 0.3) is 0 Å². The fourth-order valence-corrected chi connectivity index (χ4v) is 2.67. The Morgan fingerprint density at radius 3 is 2.55 bits per heavy atom. The summed E-state index contributed by atoms with van der Waals surface area (Å²) in [6.07, 6.45) is 2.30. The first kappa shape index (κ1) is 17.2. The molecule has 0 radical (unpaired) electrons. The number of nitrogens with one attached hydrogen (secondary N) is 1. The maximum absolute atomic E-state index is 5.72. The van der Waals surface area contributed by atoms with Gasteiger partial charge in [-0.05, 0) is 56.0 Å². The second kappa shape index (κ2) is 9.14. The molecule has 4 heteroatoms. The standard InChI is InChI=1S/C16H27NO2S/c1-12(2)19-15-7-6-14(8-16(15)18-4)10-17-9-13(3)11-20-5/h6-8,12-13,17H,9-11H2,1-5H3. The topological polar surface area (TPSA) is 30.5 Å². The van der Waals surface area contributed by atoms with Crippen LogP contribution in [-0.4, -0.2) is 31.8 Å². The first-order valence-electron chi connectivity index (χ1n) is 7.10. The molecule has 0 bridgehead atoms. The van der Waals surface area contributed by atoms with Gasteiger partial charge in [-0.15, -0.1) is 0 Å². The lowest BCUT2D eigenvalue weighted by Gasteiger charge is -2.15. The van der Waals surface area contributed by atoms with Gasteiger partial charge in [0.2, 0.25) is 0 Å². The summed E-state index contributed by atoms with van der Waals surface area (Å²) in [5.74, 6) is 3.49. The highest BCUT2D eigenvalue weighted by atomic mass is 32.2. The Labute approximate surface area is 127 Å². The molecule has 1 aromatic carbocycles. The molecule has 1 aromatic rings. The number of methoxy groups -OCH3 is 1. The van der Waals surface area contributed by atoms with Gasteiger partial charge in [-0.2, -0.15) is 11.8 Å². The SMILES string of the molecule is COc1cc(CNCC(C)CSC)ccc1OC(C)C. The Kier molecular flexibility index (Phi) is 7.85. The van der Waals surface area contributed by atoms with Gasteiger partial charge < -0.3 is 14.8 Å². The van der Waals surface area contributed by atoms with E-state index in [-0.39, 0.29) is 6.10 Å². The number of hydrogen-bond donors (Lipinski definition) is 1. The number of thioether (sulfide) groups is 1. The van der Waals surface area contributed by atoms with E-state index in [4.69, 9.17) is 9.47 Å². The van der Waals surface area contributed by atoms with Crippen molar-refractivity contribution < 1.29 is 9.47 Å². The number of ether oxygens (including phenoxy) is 2. The van der Waals surface area contributed by atoms with E-state index in [0.717, 1.165) is 24.6 Å². The van der Waals surface area contributed by atoms with Crippen molar-refractivity contribution in [2.24, 2.45) is 5.92 Å². The maximum atomic E-state index is 5.72. The largest absolute Gasteiger partial charge is 0.493 e. The van der Waals surface area contributed by atoms with Gasteiger partial charge in [0.15, 0.2) is 11.5 Å². The van der Waals surface area contributed by atoms with E-state index >= 15 is 0 Å². The molecule has 0 aliphatic carbocycles. The zero-order valence-corrected chi connectivity index (χ0v) is 14.0. The van der Waals surface area contributed by atoms with E-state index in [1.54, 1.807) is 7.11 Å². The monoisotopic (exact) mass is 297 g/mol. The maximum Gasteiger partial charge on any atom is 0.161 e. The number of rotatable bonds is 9. The van der Waals surface area contributed by atoms with Crippen molar-refractivity contribution in [3.05, 3.63) is 23.8 Å². The Bertz CT molecular complexity index is 396. The lowest BCUT2D eigenvalue weighted by molar-refractivity contribution is 0.230. The second-order valence-electron chi connectivity index (χ2n) is 5.34. The quantitative estimate of drug-likeness (QED) is 0.755. The van der Waals surface area contributed by atoms with Crippen LogP contribution in [-0.2, 0) is 6.54 Å². The lowest BCUT2D eigenvalue weighted by atomic mass is 10.1. The van der Waals surface area contributed by atoms with Crippen molar-refractivity contribution >= 4 is 11.8 Å². The molecular formula is C16H27NO2S. The third-order valence-corrected chi connectivity index (χ3v) is 3.77. The van der Waals surface area contributed by atoms with Crippen LogP contribution < -0.4 is 14.8 Å². The molecule has 1 atom stereocenters. The van der Waals surface area contributed by atoms with Crippen molar-refractivity contribution in [2.75, 3.05) is 25.7 Å². The predicted molar refractivity (Wildman–Crippen MR) is 88.0 cm³/mol. The molecule has 0 aliphatic heterocycles. The molecule has 1 unspecified atom stereocenters. The number of benzene rings is 1. The van der Waals surface area contributed by atoms with Gasteiger partial charge in [-0.3, -0.25) is 0 Å². The molecule has 0 fully saturated rings. The summed E-state index contributed by atoms with van der Waals surface area (Å²) in [7, 11) is 1.68. The highest BCUT2D eigenvalue weighted by Crippen LogP contribution is 2.28. The fourth-order valence-electron chi connectivity index (χ4n) is 1.98. The van der Waals surface area contributed by atoms with Gasteiger partial charge in [-0.25, -0.2) is 0 Å². The summed E-state index contributed by atoms with van der Waals surface area (Å²) >= 11 is 1.89. The highest BCUT2D eigenvalue weighted by Gasteiger charge is 2.08. The molecule has 3 nitrogen and oxygen atoms in total. The summed E-state index contributed by atoms with van der Waals surface area (Å²) in [6.45, 7) is 8.19. The zero-order chi connectivity index (χ0) is 15.0. The summed E-state index contributed by atoms with van der Waals surface area (Å²) in [4.78, 5) is 0. The van der Waals surface area contributed by atoms with E-state index < -0.39 is 0 Å². The third kappa shape index (κ3) is 6.06. The average Bonchev–Trinajstić information content (AvgIpc) is 2.40. The van der Waals surface area contributed by atoms with Crippen LogP contribution in [0, 0.1) is 5.92 Å². The molecule has 0 saturated carbocycles. The second-order valence-corrected chi connectivity index (χ2v) is 6.25. The minimum absolute atomic E-state index is 0.153. The predicted octanol–water partition coefficient (Wildman–Crippen LogP) is 3.57. The van der Waals surface area contributed by atoms with Gasteiger partial charge in [-0.1, -0.05) is 13.0 Å². The normalized spacial score (nSPS) is 12.5. The van der Waals surface area contributed by atoms with Gasteiger partial charge in [0.1, 0.15) is 0 Å². The van der Waals surface area contributed by atoms with Gasteiger partial charge in [0.05, 0.1) is 13.2 Å². The van der Waals surface area contributed by atoms with E-state index in [1.165, 1.54) is 11.3 Å². The molecule has 0 aliphatic rings. The van der Waals surface area contributed by atoms with E-state index in [9.17, 15) is 0 Å². The van der Waals surface area contributed by atoms with Crippen LogP contribution in [0.3, 0.4) is 0 Å². The van der Waals surface area contributed by atoms with Crippen molar-refractivity contribution in [1.29, 1.82) is 0 Å². The Balaban J connectivity index is 2.55. The number of hydrogen-bond acceptors (Lipinski definition) is 4. The third-order valence-electron chi connectivity index (χ3n) is 2.86. The van der Waals surface area contributed by atoms with Gasteiger partial charge in [0, 0.05) is 6.54 Å². The molecule has 1 N–H and O–H groups in total. The van der Waals surface area contributed by atoms with E-state index in [1.807, 2.05) is 37.7 Å². The Morgan fingerprint density at radius 2 is 1.95 bits per heavy atom. The summed E-state index contributed by atoms with van der Waals surface area (Å²) in [5.41, 5.74) is 1.22. The molecule has 0 amide bonds. The molecule has 20 heavy (non-hydrogen) atoms. The highest BCUT2D eigenvalue weighted by molar-refractivity contribution is 7.98. The fraction of sp³-hybridized carbons (Fsp3) is 0.625. The smallest absolute Gasteiger partial charge is 0.161 e. The van der Waals surface area contributed by atoms with Gasteiger partial charge >= 0.3 is 0 Å². The molecule has 114 valence electrons. The minimum Gasteiger partial charge on any atom is -0.493 e.